The van der Waals surface area contributed by atoms with Crippen molar-refractivity contribution in [2.24, 2.45) is 5.92 Å². The highest BCUT2D eigenvalue weighted by atomic mass is 16.6. The van der Waals surface area contributed by atoms with Crippen LogP contribution in [-0.2, 0) is 32.3 Å². The minimum absolute atomic E-state index is 0.0578. The molecule has 13 nitrogen and oxygen atoms in total. The van der Waals surface area contributed by atoms with Crippen molar-refractivity contribution in [3.05, 3.63) is 52.6 Å². The number of esters is 1. The van der Waals surface area contributed by atoms with Crippen LogP contribution < -0.4 is 16.6 Å². The van der Waals surface area contributed by atoms with Crippen molar-refractivity contribution in [3.8, 4) is 0 Å². The number of anilines is 1. The molecule has 0 radical (unpaired) electrons. The van der Waals surface area contributed by atoms with Crippen molar-refractivity contribution in [1.82, 2.24) is 24.8 Å². The number of aromatic amines is 1. The maximum atomic E-state index is 12.6. The number of hydrogen-bond acceptors (Lipinski definition) is 10. The first kappa shape index (κ1) is 25.6. The van der Waals surface area contributed by atoms with Gasteiger partial charge in [-0.2, -0.15) is 4.98 Å². The molecule has 1 unspecified atom stereocenters. The van der Waals surface area contributed by atoms with Gasteiger partial charge in [0.15, 0.2) is 11.2 Å². The molecule has 35 heavy (non-hydrogen) atoms. The summed E-state index contributed by atoms with van der Waals surface area (Å²) in [6.07, 6.45) is -0.297. The molecule has 3 aromatic rings. The van der Waals surface area contributed by atoms with Crippen molar-refractivity contribution in [1.29, 1.82) is 0 Å². The van der Waals surface area contributed by atoms with Crippen LogP contribution in [0.2, 0.25) is 0 Å². The van der Waals surface area contributed by atoms with Gasteiger partial charge in [-0.15, -0.1) is 0 Å². The Bertz CT molecular complexity index is 1190. The molecule has 188 valence electrons. The summed E-state index contributed by atoms with van der Waals surface area (Å²) in [7, 11) is 0. The molecular weight excluding hydrogens is 460 g/mol. The van der Waals surface area contributed by atoms with E-state index in [1.807, 2.05) is 30.3 Å². The summed E-state index contributed by atoms with van der Waals surface area (Å²) < 4.78 is 17.4. The Morgan fingerprint density at radius 2 is 1.97 bits per heavy atom. The van der Waals surface area contributed by atoms with Crippen LogP contribution in [0.3, 0.4) is 0 Å². The maximum absolute atomic E-state index is 12.6. The molecule has 2 aromatic heterocycles. The smallest absolute Gasteiger partial charge is 0.408 e. The van der Waals surface area contributed by atoms with E-state index in [4.69, 9.17) is 19.9 Å². The lowest BCUT2D eigenvalue weighted by Crippen LogP contribution is -2.46. The minimum atomic E-state index is -0.964. The van der Waals surface area contributed by atoms with E-state index in [0.717, 1.165) is 5.56 Å². The average molecular weight is 489 g/mol. The van der Waals surface area contributed by atoms with Gasteiger partial charge in [-0.3, -0.25) is 14.3 Å². The number of aliphatic hydroxyl groups excluding tert-OH is 1. The third-order valence-corrected chi connectivity index (χ3v) is 4.96. The lowest BCUT2D eigenvalue weighted by molar-refractivity contribution is -0.154. The highest BCUT2D eigenvalue weighted by Crippen LogP contribution is 2.09. The number of nitrogens with two attached hydrogens (primary N) is 1. The van der Waals surface area contributed by atoms with Crippen LogP contribution in [0.5, 0.6) is 0 Å². The first-order valence-electron chi connectivity index (χ1n) is 10.9. The van der Waals surface area contributed by atoms with E-state index in [0.29, 0.717) is 0 Å². The van der Waals surface area contributed by atoms with Gasteiger partial charge in [-0.25, -0.2) is 14.6 Å². The van der Waals surface area contributed by atoms with E-state index in [2.05, 4.69) is 20.3 Å². The number of benzene rings is 1. The van der Waals surface area contributed by atoms with Crippen LogP contribution in [0.25, 0.3) is 11.2 Å². The second-order valence-corrected chi connectivity index (χ2v) is 8.00. The van der Waals surface area contributed by atoms with E-state index >= 15 is 0 Å². The lowest BCUT2D eigenvalue weighted by Gasteiger charge is -2.22. The Morgan fingerprint density at radius 1 is 1.23 bits per heavy atom. The predicted molar refractivity (Wildman–Crippen MR) is 124 cm³/mol. The van der Waals surface area contributed by atoms with E-state index in [9.17, 15) is 19.5 Å². The van der Waals surface area contributed by atoms with Crippen LogP contribution in [0.1, 0.15) is 19.4 Å². The number of imidazole rings is 1. The van der Waals surface area contributed by atoms with Gasteiger partial charge < -0.3 is 30.4 Å². The molecule has 2 atom stereocenters. The molecule has 2 heterocycles. The van der Waals surface area contributed by atoms with Crippen molar-refractivity contribution in [3.63, 3.8) is 0 Å². The third-order valence-electron chi connectivity index (χ3n) is 4.96. The molecule has 5 N–H and O–H groups in total. The summed E-state index contributed by atoms with van der Waals surface area (Å²) in [5.74, 6) is -1.06. The van der Waals surface area contributed by atoms with Gasteiger partial charge in [0.2, 0.25) is 5.95 Å². The molecule has 0 bridgehead atoms. The SMILES string of the molecule is CC(C)[C@H](NC(=O)OCc1ccccc1)C(=O)OCC(CO)OCn1cnc2c(=O)[nH]c(N)nc21. The summed E-state index contributed by atoms with van der Waals surface area (Å²) in [5, 5.41) is 12.1. The van der Waals surface area contributed by atoms with Gasteiger partial charge in [0.25, 0.3) is 5.56 Å². The lowest BCUT2D eigenvalue weighted by atomic mass is 10.1. The molecule has 0 fully saturated rings. The van der Waals surface area contributed by atoms with Gasteiger partial charge in [0.1, 0.15) is 32.1 Å². The van der Waals surface area contributed by atoms with Gasteiger partial charge in [0.05, 0.1) is 12.9 Å². The number of aliphatic hydroxyl groups is 1. The Hall–Kier alpha value is -3.97. The second-order valence-electron chi connectivity index (χ2n) is 8.00. The zero-order valence-corrected chi connectivity index (χ0v) is 19.3. The maximum Gasteiger partial charge on any atom is 0.408 e. The number of ether oxygens (including phenoxy) is 3. The number of fused-ring (bicyclic) bond motifs is 1. The second kappa shape index (κ2) is 11.9. The van der Waals surface area contributed by atoms with Gasteiger partial charge in [-0.05, 0) is 11.5 Å². The standard InChI is InChI=1S/C22H28N6O7/c1-13(2)16(25-22(32)34-9-14-6-4-3-5-7-14)20(31)33-10-15(8-29)35-12-28-11-24-17-18(28)26-21(23)27-19(17)30/h3-7,11,13,15-16,29H,8-10,12H2,1-2H3,(H,25,32)(H3,23,26,27,30)/t15?,16-/m0/s1. The minimum Gasteiger partial charge on any atom is -0.461 e. The van der Waals surface area contributed by atoms with Gasteiger partial charge in [-0.1, -0.05) is 44.2 Å². The first-order chi connectivity index (χ1) is 16.8. The molecule has 0 saturated heterocycles. The van der Waals surface area contributed by atoms with Gasteiger partial charge in [0, 0.05) is 0 Å². The number of hydrogen-bond donors (Lipinski definition) is 4. The normalized spacial score (nSPS) is 12.9. The number of nitrogens with one attached hydrogen (secondary N) is 2. The van der Waals surface area contributed by atoms with E-state index < -0.39 is 36.4 Å². The third kappa shape index (κ3) is 7.01. The number of nitrogens with zero attached hydrogens (tertiary/aromatic N) is 3. The fourth-order valence-corrected chi connectivity index (χ4v) is 3.06. The Labute approximate surface area is 200 Å². The molecule has 0 aliphatic carbocycles. The van der Waals surface area contributed by atoms with Crippen molar-refractivity contribution < 1.29 is 28.9 Å². The monoisotopic (exact) mass is 488 g/mol. The summed E-state index contributed by atoms with van der Waals surface area (Å²) in [6.45, 7) is 2.69. The molecular formula is C22H28N6O7. The van der Waals surface area contributed by atoms with Crippen LogP contribution >= 0.6 is 0 Å². The topological polar surface area (TPSA) is 184 Å². The Kier molecular flexibility index (Phi) is 8.75. The van der Waals surface area contributed by atoms with Gasteiger partial charge >= 0.3 is 12.1 Å². The number of amides is 1. The molecule has 3 rings (SSSR count). The number of rotatable bonds is 11. The van der Waals surface area contributed by atoms with Crippen molar-refractivity contribution in [2.45, 2.75) is 39.3 Å². The van der Waals surface area contributed by atoms with E-state index in [1.165, 1.54) is 10.9 Å². The number of H-pyrrole nitrogens is 1. The fourth-order valence-electron chi connectivity index (χ4n) is 3.06. The average Bonchev–Trinajstić information content (AvgIpc) is 3.24. The number of carbonyl (C=O) groups is 2. The molecule has 0 aliphatic rings. The summed E-state index contributed by atoms with van der Waals surface area (Å²) in [6, 6.07) is 8.16. The quantitative estimate of drug-likeness (QED) is 0.278. The summed E-state index contributed by atoms with van der Waals surface area (Å²) in [4.78, 5) is 46.9. The summed E-state index contributed by atoms with van der Waals surface area (Å²) >= 11 is 0. The fraction of sp³-hybridized carbons (Fsp3) is 0.409. The first-order valence-corrected chi connectivity index (χ1v) is 10.9. The number of alkyl carbamates (subject to hydrolysis) is 1. The molecule has 0 saturated carbocycles. The Morgan fingerprint density at radius 3 is 2.66 bits per heavy atom. The van der Waals surface area contributed by atoms with Crippen molar-refractivity contribution in [2.75, 3.05) is 18.9 Å². The molecule has 1 amide bonds. The number of aromatic nitrogens is 4. The molecule has 0 aliphatic heterocycles. The zero-order valence-electron chi connectivity index (χ0n) is 19.3. The number of nitrogen functional groups attached to an aromatic ring is 1. The van der Waals surface area contributed by atoms with Crippen LogP contribution in [0.4, 0.5) is 10.7 Å². The highest BCUT2D eigenvalue weighted by Gasteiger charge is 2.27. The molecule has 0 spiro atoms. The number of carbonyl (C=O) groups excluding carboxylic acids is 2. The van der Waals surface area contributed by atoms with E-state index in [-0.39, 0.29) is 43.0 Å². The largest absolute Gasteiger partial charge is 0.461 e. The van der Waals surface area contributed by atoms with Crippen LogP contribution in [0.15, 0.2) is 41.5 Å². The Balaban J connectivity index is 1.51. The van der Waals surface area contributed by atoms with E-state index in [1.54, 1.807) is 13.8 Å². The zero-order chi connectivity index (χ0) is 25.4. The molecule has 13 heteroatoms. The van der Waals surface area contributed by atoms with Crippen LogP contribution in [-0.4, -0.2) is 62.0 Å². The molecule has 1 aromatic carbocycles. The summed E-state index contributed by atoms with van der Waals surface area (Å²) in [5.41, 5.74) is 6.17. The predicted octanol–water partition coefficient (Wildman–Crippen LogP) is 0.531. The highest BCUT2D eigenvalue weighted by molar-refractivity contribution is 5.81. The van der Waals surface area contributed by atoms with Crippen molar-refractivity contribution >= 4 is 29.2 Å². The van der Waals surface area contributed by atoms with Crippen LogP contribution in [0, 0.1) is 5.92 Å².